The van der Waals surface area contributed by atoms with Crippen LogP contribution in [-0.4, -0.2) is 27.5 Å². The second-order valence-corrected chi connectivity index (χ2v) is 9.31. The summed E-state index contributed by atoms with van der Waals surface area (Å²) in [6.07, 6.45) is 0. The Kier molecular flexibility index (Phi) is 7.07. The highest BCUT2D eigenvalue weighted by atomic mass is 32.2. The van der Waals surface area contributed by atoms with Gasteiger partial charge in [-0.2, -0.15) is 0 Å². The van der Waals surface area contributed by atoms with E-state index in [1.165, 1.54) is 18.2 Å². The maximum atomic E-state index is 13.3. The normalized spacial score (nSPS) is 11.1. The van der Waals surface area contributed by atoms with Gasteiger partial charge in [-0.1, -0.05) is 18.2 Å². The Morgan fingerprint density at radius 3 is 2.40 bits per heavy atom. The summed E-state index contributed by atoms with van der Waals surface area (Å²) in [6, 6.07) is 15.3. The lowest BCUT2D eigenvalue weighted by molar-refractivity contribution is -0.119. The highest BCUT2D eigenvalue weighted by Gasteiger charge is 2.28. The van der Waals surface area contributed by atoms with Crippen molar-refractivity contribution in [3.8, 4) is 5.75 Å². The average Bonchev–Trinajstić information content (AvgIpc) is 3.28. The number of carbonyl (C=O) groups excluding carboxylic acids is 1. The van der Waals surface area contributed by atoms with Gasteiger partial charge in [0.1, 0.15) is 22.3 Å². The maximum absolute atomic E-state index is 13.3. The molecule has 0 bridgehead atoms. The van der Waals surface area contributed by atoms with Gasteiger partial charge in [0, 0.05) is 6.54 Å². The minimum atomic E-state index is -3.96. The van der Waals surface area contributed by atoms with E-state index in [0.717, 1.165) is 39.1 Å². The predicted molar refractivity (Wildman–Crippen MR) is 115 cm³/mol. The van der Waals surface area contributed by atoms with Gasteiger partial charge in [-0.05, 0) is 60.3 Å². The smallest absolute Gasteiger partial charge is 0.274 e. The van der Waals surface area contributed by atoms with Gasteiger partial charge in [0.25, 0.3) is 10.0 Å². The van der Waals surface area contributed by atoms with Crippen molar-refractivity contribution in [1.82, 2.24) is 5.32 Å². The summed E-state index contributed by atoms with van der Waals surface area (Å²) in [4.78, 5) is 12.5. The van der Waals surface area contributed by atoms with Crippen molar-refractivity contribution in [3.63, 3.8) is 0 Å². The van der Waals surface area contributed by atoms with E-state index >= 15 is 0 Å². The molecule has 6 nitrogen and oxygen atoms in total. The first-order chi connectivity index (χ1) is 14.4. The van der Waals surface area contributed by atoms with E-state index < -0.39 is 28.3 Å². The van der Waals surface area contributed by atoms with Crippen LogP contribution in [0.1, 0.15) is 12.5 Å². The van der Waals surface area contributed by atoms with Crippen LogP contribution in [0, 0.1) is 5.82 Å². The molecule has 0 spiro atoms. The van der Waals surface area contributed by atoms with Crippen LogP contribution in [0.15, 0.2) is 70.3 Å². The molecule has 0 aliphatic rings. The SMILES string of the molecule is CCOc1ccc(CNC(=O)CN(c2ccc(F)cc2)S(=O)(=O)c2cccs2)cc1. The van der Waals surface area contributed by atoms with E-state index in [1.807, 2.05) is 19.1 Å². The van der Waals surface area contributed by atoms with Crippen molar-refractivity contribution in [3.05, 3.63) is 77.4 Å². The molecule has 0 radical (unpaired) electrons. The second kappa shape index (κ2) is 9.73. The lowest BCUT2D eigenvalue weighted by Crippen LogP contribution is -2.40. The molecule has 1 amide bonds. The molecular formula is C21H21FN2O4S2. The van der Waals surface area contributed by atoms with Crippen molar-refractivity contribution in [1.29, 1.82) is 0 Å². The molecule has 1 aromatic heterocycles. The summed E-state index contributed by atoms with van der Waals surface area (Å²) in [7, 11) is -3.96. The average molecular weight is 449 g/mol. The first-order valence-corrected chi connectivity index (χ1v) is 11.5. The minimum Gasteiger partial charge on any atom is -0.494 e. The fraction of sp³-hybridized carbons (Fsp3) is 0.190. The van der Waals surface area contributed by atoms with Gasteiger partial charge in [0.2, 0.25) is 5.91 Å². The van der Waals surface area contributed by atoms with Crippen LogP contribution >= 0.6 is 11.3 Å². The Bertz CT molecular complexity index is 1070. The zero-order chi connectivity index (χ0) is 21.6. The largest absolute Gasteiger partial charge is 0.494 e. The number of benzene rings is 2. The molecule has 0 aliphatic carbocycles. The molecule has 1 N–H and O–H groups in total. The van der Waals surface area contributed by atoms with E-state index in [1.54, 1.807) is 23.6 Å². The fourth-order valence-corrected chi connectivity index (χ4v) is 5.22. The maximum Gasteiger partial charge on any atom is 0.274 e. The molecule has 0 saturated carbocycles. The number of hydrogen-bond donors (Lipinski definition) is 1. The summed E-state index contributed by atoms with van der Waals surface area (Å²) in [5, 5.41) is 4.36. The Morgan fingerprint density at radius 2 is 1.80 bits per heavy atom. The number of thiophene rings is 1. The number of amides is 1. The van der Waals surface area contributed by atoms with E-state index in [2.05, 4.69) is 5.32 Å². The van der Waals surface area contributed by atoms with Crippen LogP contribution in [0.25, 0.3) is 0 Å². The van der Waals surface area contributed by atoms with Gasteiger partial charge in [0.15, 0.2) is 0 Å². The molecule has 9 heteroatoms. The van der Waals surface area contributed by atoms with Gasteiger partial charge >= 0.3 is 0 Å². The fourth-order valence-electron chi connectivity index (χ4n) is 2.70. The summed E-state index contributed by atoms with van der Waals surface area (Å²) in [6.45, 7) is 2.27. The summed E-state index contributed by atoms with van der Waals surface area (Å²) >= 11 is 1.05. The van der Waals surface area contributed by atoms with Crippen LogP contribution in [0.2, 0.25) is 0 Å². The molecule has 3 aromatic rings. The third kappa shape index (κ3) is 5.37. The zero-order valence-corrected chi connectivity index (χ0v) is 17.9. The van der Waals surface area contributed by atoms with Crippen LogP contribution in [-0.2, 0) is 21.4 Å². The van der Waals surface area contributed by atoms with Crippen molar-refractivity contribution in [2.75, 3.05) is 17.5 Å². The number of ether oxygens (including phenoxy) is 1. The zero-order valence-electron chi connectivity index (χ0n) is 16.2. The number of carbonyl (C=O) groups is 1. The highest BCUT2D eigenvalue weighted by Crippen LogP contribution is 2.26. The van der Waals surface area contributed by atoms with E-state index in [0.29, 0.717) is 6.61 Å². The molecule has 3 rings (SSSR count). The number of nitrogens with one attached hydrogen (secondary N) is 1. The lowest BCUT2D eigenvalue weighted by Gasteiger charge is -2.23. The topological polar surface area (TPSA) is 75.7 Å². The van der Waals surface area contributed by atoms with Gasteiger partial charge in [-0.3, -0.25) is 9.10 Å². The van der Waals surface area contributed by atoms with E-state index in [9.17, 15) is 17.6 Å². The number of sulfonamides is 1. The first kappa shape index (κ1) is 21.8. The molecule has 0 aliphatic heterocycles. The second-order valence-electron chi connectivity index (χ2n) is 6.27. The van der Waals surface area contributed by atoms with Crippen LogP contribution in [0.4, 0.5) is 10.1 Å². The lowest BCUT2D eigenvalue weighted by atomic mass is 10.2. The predicted octanol–water partition coefficient (Wildman–Crippen LogP) is 3.80. The molecule has 30 heavy (non-hydrogen) atoms. The number of hydrogen-bond acceptors (Lipinski definition) is 5. The Morgan fingerprint density at radius 1 is 1.10 bits per heavy atom. The van der Waals surface area contributed by atoms with Crippen LogP contribution in [0.3, 0.4) is 0 Å². The molecule has 0 unspecified atom stereocenters. The molecule has 1 heterocycles. The van der Waals surface area contributed by atoms with Crippen molar-refractivity contribution in [2.24, 2.45) is 0 Å². The summed E-state index contributed by atoms with van der Waals surface area (Å²) in [5.74, 6) is -0.238. The van der Waals surface area contributed by atoms with Gasteiger partial charge in [0.05, 0.1) is 12.3 Å². The van der Waals surface area contributed by atoms with Crippen molar-refractivity contribution in [2.45, 2.75) is 17.7 Å². The Labute approximate surface area is 179 Å². The van der Waals surface area contributed by atoms with Crippen LogP contribution < -0.4 is 14.4 Å². The Balaban J connectivity index is 1.74. The van der Waals surface area contributed by atoms with E-state index in [4.69, 9.17) is 4.74 Å². The van der Waals surface area contributed by atoms with Gasteiger partial charge < -0.3 is 10.1 Å². The minimum absolute atomic E-state index is 0.103. The number of anilines is 1. The quantitative estimate of drug-likeness (QED) is 0.540. The first-order valence-electron chi connectivity index (χ1n) is 9.20. The highest BCUT2D eigenvalue weighted by molar-refractivity contribution is 7.94. The monoisotopic (exact) mass is 448 g/mol. The summed E-state index contributed by atoms with van der Waals surface area (Å²) in [5.41, 5.74) is 1.06. The molecule has 2 aromatic carbocycles. The number of rotatable bonds is 9. The van der Waals surface area contributed by atoms with Gasteiger partial charge in [-0.15, -0.1) is 11.3 Å². The number of nitrogens with zero attached hydrogens (tertiary/aromatic N) is 1. The summed E-state index contributed by atoms with van der Waals surface area (Å²) < 4.78 is 45.8. The molecular weight excluding hydrogens is 427 g/mol. The third-order valence-electron chi connectivity index (χ3n) is 4.17. The number of halogens is 1. The van der Waals surface area contributed by atoms with Crippen molar-refractivity contribution < 1.29 is 22.3 Å². The molecule has 0 atom stereocenters. The van der Waals surface area contributed by atoms with Gasteiger partial charge in [-0.25, -0.2) is 12.8 Å². The van der Waals surface area contributed by atoms with Crippen LogP contribution in [0.5, 0.6) is 5.75 Å². The Hall–Kier alpha value is -2.91. The van der Waals surface area contributed by atoms with Crippen molar-refractivity contribution >= 4 is 33.0 Å². The molecule has 0 fully saturated rings. The third-order valence-corrected chi connectivity index (χ3v) is 7.31. The standard InChI is InChI=1S/C21H21FN2O4S2/c1-2-28-19-11-5-16(6-12-19)14-23-20(25)15-24(18-9-7-17(22)8-10-18)30(26,27)21-4-3-13-29-21/h3-13H,2,14-15H2,1H3,(H,23,25). The van der Waals surface area contributed by atoms with E-state index in [-0.39, 0.29) is 16.4 Å². The molecule has 0 saturated heterocycles. The molecule has 158 valence electrons.